The third-order valence-electron chi connectivity index (χ3n) is 1.97. The molecule has 0 heterocycles. The number of hydrogen-bond acceptors (Lipinski definition) is 1. The van der Waals surface area contributed by atoms with Gasteiger partial charge in [0.15, 0.2) is 0 Å². The van der Waals surface area contributed by atoms with E-state index in [2.05, 4.69) is 47.2 Å². The maximum atomic E-state index is 5.99. The predicted molar refractivity (Wildman–Crippen MR) is 70.3 cm³/mol. The Kier molecular flexibility index (Phi) is 5.37. The van der Waals surface area contributed by atoms with Crippen molar-refractivity contribution in [1.29, 1.82) is 0 Å². The van der Waals surface area contributed by atoms with E-state index in [1.807, 2.05) is 12.1 Å². The van der Waals surface area contributed by atoms with Crippen LogP contribution in [0.1, 0.15) is 19.4 Å². The lowest BCUT2D eigenvalue weighted by atomic mass is 10.2. The second-order valence-electron chi connectivity index (χ2n) is 3.66. The molecule has 0 amide bonds. The van der Waals surface area contributed by atoms with Gasteiger partial charge in [-0.15, -0.1) is 0 Å². The summed E-state index contributed by atoms with van der Waals surface area (Å²) in [6.45, 7) is 5.93. The number of nitrogens with one attached hydrogen (secondary N) is 1. The molecule has 0 aliphatic heterocycles. The van der Waals surface area contributed by atoms with Gasteiger partial charge in [-0.2, -0.15) is 0 Å². The first-order valence-electron chi connectivity index (χ1n) is 4.87. The van der Waals surface area contributed by atoms with Crippen molar-refractivity contribution in [2.75, 3.05) is 6.54 Å². The molecule has 0 aliphatic rings. The minimum absolute atomic E-state index is 0.761. The fourth-order valence-corrected chi connectivity index (χ4v) is 1.59. The summed E-state index contributed by atoms with van der Waals surface area (Å²) >= 11 is 9.36. The number of hydrogen-bond donors (Lipinski definition) is 1. The molecule has 0 saturated heterocycles. The molecule has 1 nitrogen and oxygen atoms in total. The fourth-order valence-electron chi connectivity index (χ4n) is 1.14. The topological polar surface area (TPSA) is 12.0 Å². The molecule has 15 heavy (non-hydrogen) atoms. The van der Waals surface area contributed by atoms with Crippen LogP contribution in [0, 0.1) is 0 Å². The molecule has 82 valence electrons. The van der Waals surface area contributed by atoms with E-state index in [1.54, 1.807) is 0 Å². The molecule has 0 bridgehead atoms. The molecular formula is C12H15BrClN. The molecule has 0 unspecified atom stereocenters. The van der Waals surface area contributed by atoms with Gasteiger partial charge >= 0.3 is 0 Å². The van der Waals surface area contributed by atoms with Crippen LogP contribution < -0.4 is 5.32 Å². The van der Waals surface area contributed by atoms with E-state index in [9.17, 15) is 0 Å². The van der Waals surface area contributed by atoms with Crippen molar-refractivity contribution >= 4 is 27.5 Å². The Morgan fingerprint density at radius 3 is 2.80 bits per heavy atom. The van der Waals surface area contributed by atoms with E-state index in [1.165, 1.54) is 11.1 Å². The number of halogens is 2. The van der Waals surface area contributed by atoms with Crippen molar-refractivity contribution in [1.82, 2.24) is 5.32 Å². The lowest BCUT2D eigenvalue weighted by Crippen LogP contribution is -2.12. The largest absolute Gasteiger partial charge is 0.309 e. The van der Waals surface area contributed by atoms with Gasteiger partial charge in [-0.1, -0.05) is 29.3 Å². The summed E-state index contributed by atoms with van der Waals surface area (Å²) in [7, 11) is 0. The van der Waals surface area contributed by atoms with Crippen molar-refractivity contribution in [3.8, 4) is 0 Å². The Labute approximate surface area is 105 Å². The van der Waals surface area contributed by atoms with Crippen molar-refractivity contribution in [3.05, 3.63) is 44.9 Å². The molecule has 0 spiro atoms. The van der Waals surface area contributed by atoms with Crippen LogP contribution >= 0.6 is 27.5 Å². The molecule has 0 atom stereocenters. The van der Waals surface area contributed by atoms with Gasteiger partial charge in [-0.05, 0) is 47.5 Å². The third-order valence-corrected chi connectivity index (χ3v) is 3.20. The van der Waals surface area contributed by atoms with Crippen LogP contribution in [0.2, 0.25) is 5.02 Å². The summed E-state index contributed by atoms with van der Waals surface area (Å²) < 4.78 is 0.942. The van der Waals surface area contributed by atoms with Crippen LogP contribution in [0.15, 0.2) is 34.3 Å². The quantitative estimate of drug-likeness (QED) is 0.648. The predicted octanol–water partition coefficient (Wildman–Crippen LogP) is 4.16. The molecular weight excluding hydrogens is 273 g/mol. The highest BCUT2D eigenvalue weighted by Gasteiger charge is 1.97. The fraction of sp³-hybridized carbons (Fsp3) is 0.333. The zero-order valence-corrected chi connectivity index (χ0v) is 11.3. The Hall–Kier alpha value is -0.310. The van der Waals surface area contributed by atoms with Gasteiger partial charge in [0.1, 0.15) is 0 Å². The molecule has 3 heteroatoms. The molecule has 1 N–H and O–H groups in total. The van der Waals surface area contributed by atoms with E-state index in [4.69, 9.17) is 11.6 Å². The van der Waals surface area contributed by atoms with Crippen LogP contribution in [0.25, 0.3) is 0 Å². The summed E-state index contributed by atoms with van der Waals surface area (Å²) in [4.78, 5) is 0. The van der Waals surface area contributed by atoms with Gasteiger partial charge in [0.25, 0.3) is 0 Å². The zero-order valence-electron chi connectivity index (χ0n) is 8.98. The smallest absolute Gasteiger partial charge is 0.0551 e. The summed E-state index contributed by atoms with van der Waals surface area (Å²) in [5.74, 6) is 0. The standard InChI is InChI=1S/C12H15BrClN/c1-9(2)5-6-15-8-10-3-4-11(13)12(14)7-10/h3-5,7,15H,6,8H2,1-2H3. The normalized spacial score (nSPS) is 10.1. The molecule has 1 rings (SSSR count). The highest BCUT2D eigenvalue weighted by Crippen LogP contribution is 2.22. The van der Waals surface area contributed by atoms with Crippen LogP contribution in [-0.2, 0) is 6.54 Å². The average Bonchev–Trinajstić information content (AvgIpc) is 2.18. The summed E-state index contributed by atoms with van der Waals surface area (Å²) in [5, 5.41) is 4.09. The SMILES string of the molecule is CC(C)=CCNCc1ccc(Br)c(Cl)c1. The Bertz CT molecular complexity index is 357. The van der Waals surface area contributed by atoms with Crippen molar-refractivity contribution in [2.24, 2.45) is 0 Å². The van der Waals surface area contributed by atoms with Crippen LogP contribution in [0.4, 0.5) is 0 Å². The highest BCUT2D eigenvalue weighted by atomic mass is 79.9. The second-order valence-corrected chi connectivity index (χ2v) is 4.92. The molecule has 0 saturated carbocycles. The van der Waals surface area contributed by atoms with Crippen LogP contribution in [0.3, 0.4) is 0 Å². The van der Waals surface area contributed by atoms with E-state index in [0.717, 1.165) is 22.6 Å². The van der Waals surface area contributed by atoms with E-state index in [-0.39, 0.29) is 0 Å². The molecule has 1 aromatic rings. The number of rotatable bonds is 4. The first-order chi connectivity index (χ1) is 7.09. The van der Waals surface area contributed by atoms with Crippen LogP contribution in [0.5, 0.6) is 0 Å². The summed E-state index contributed by atoms with van der Waals surface area (Å²) in [5.41, 5.74) is 2.53. The second kappa shape index (κ2) is 6.31. The molecule has 0 radical (unpaired) electrons. The first kappa shape index (κ1) is 12.8. The summed E-state index contributed by atoms with van der Waals surface area (Å²) in [6.07, 6.45) is 2.17. The first-order valence-corrected chi connectivity index (χ1v) is 6.04. The van der Waals surface area contributed by atoms with E-state index >= 15 is 0 Å². The van der Waals surface area contributed by atoms with Gasteiger partial charge < -0.3 is 5.32 Å². The van der Waals surface area contributed by atoms with Gasteiger partial charge in [-0.3, -0.25) is 0 Å². The minimum Gasteiger partial charge on any atom is -0.309 e. The van der Waals surface area contributed by atoms with E-state index < -0.39 is 0 Å². The van der Waals surface area contributed by atoms with Crippen LogP contribution in [-0.4, -0.2) is 6.54 Å². The third kappa shape index (κ3) is 4.83. The monoisotopic (exact) mass is 287 g/mol. The van der Waals surface area contributed by atoms with Gasteiger partial charge in [0.2, 0.25) is 0 Å². The Morgan fingerprint density at radius 2 is 2.20 bits per heavy atom. The van der Waals surface area contributed by atoms with Crippen molar-refractivity contribution in [2.45, 2.75) is 20.4 Å². The minimum atomic E-state index is 0.761. The zero-order chi connectivity index (χ0) is 11.3. The number of benzene rings is 1. The van der Waals surface area contributed by atoms with Crippen molar-refractivity contribution < 1.29 is 0 Å². The van der Waals surface area contributed by atoms with Crippen molar-refractivity contribution in [3.63, 3.8) is 0 Å². The van der Waals surface area contributed by atoms with Gasteiger partial charge in [0, 0.05) is 17.6 Å². The lowest BCUT2D eigenvalue weighted by molar-refractivity contribution is 0.757. The molecule has 0 fully saturated rings. The molecule has 0 aromatic heterocycles. The number of allylic oxidation sites excluding steroid dienone is 1. The average molecular weight is 289 g/mol. The van der Waals surface area contributed by atoms with E-state index in [0.29, 0.717) is 0 Å². The van der Waals surface area contributed by atoms with Gasteiger partial charge in [0.05, 0.1) is 5.02 Å². The Morgan fingerprint density at radius 1 is 1.47 bits per heavy atom. The molecule has 1 aromatic carbocycles. The lowest BCUT2D eigenvalue weighted by Gasteiger charge is -2.04. The van der Waals surface area contributed by atoms with Gasteiger partial charge in [-0.25, -0.2) is 0 Å². The maximum Gasteiger partial charge on any atom is 0.0551 e. The highest BCUT2D eigenvalue weighted by molar-refractivity contribution is 9.10. The maximum absolute atomic E-state index is 5.99. The summed E-state index contributed by atoms with van der Waals surface area (Å²) in [6, 6.07) is 6.01. The molecule has 0 aliphatic carbocycles. The Balaban J connectivity index is 2.44.